The monoisotopic (exact) mass is 1350 g/mol. The summed E-state index contributed by atoms with van der Waals surface area (Å²) in [6, 6.07) is 123. The number of hydrogen-bond acceptors (Lipinski definition) is 5. The topological polar surface area (TPSA) is 40.6 Å². The van der Waals surface area contributed by atoms with Crippen LogP contribution in [0.5, 0.6) is 0 Å². The molecule has 8 heteroatoms. The lowest BCUT2D eigenvalue weighted by Crippen LogP contribution is -1.99. The van der Waals surface area contributed by atoms with Crippen LogP contribution in [-0.4, -0.2) is 23.7 Å². The molecule has 0 N–H and O–H groups in total. The van der Waals surface area contributed by atoms with Crippen LogP contribution in [0.4, 0.5) is 0 Å². The zero-order valence-corrected chi connectivity index (χ0v) is 57.2. The number of hydrogen-bond donors (Lipinski definition) is 0. The fourth-order valence-corrected chi connectivity index (χ4v) is 19.5. The Labute approximate surface area is 597 Å². The fourth-order valence-electron chi connectivity index (χ4n) is 16.2. The van der Waals surface area contributed by atoms with Gasteiger partial charge in [-0.05, 0) is 197 Å². The first-order valence-corrected chi connectivity index (χ1v) is 37.0. The predicted molar refractivity (Wildman–Crippen MR) is 436 cm³/mol. The second-order valence-corrected chi connectivity index (χ2v) is 30.0. The van der Waals surface area contributed by atoms with Crippen molar-refractivity contribution >= 4 is 160 Å². The van der Waals surface area contributed by atoms with Gasteiger partial charge in [0, 0.05) is 127 Å². The lowest BCUT2D eigenvalue weighted by atomic mass is 10.0. The molecule has 0 unspecified atom stereocenters. The van der Waals surface area contributed by atoms with Crippen molar-refractivity contribution in [1.29, 1.82) is 0 Å². The van der Waals surface area contributed by atoms with Crippen molar-refractivity contribution in [1.82, 2.24) is 23.7 Å². The second kappa shape index (κ2) is 22.5. The summed E-state index contributed by atoms with van der Waals surface area (Å²) in [5, 5.41) is 15.1. The van der Waals surface area contributed by atoms with Crippen LogP contribution in [0.15, 0.2) is 334 Å². The van der Waals surface area contributed by atoms with Crippen LogP contribution in [-0.2, 0) is 0 Å². The van der Waals surface area contributed by atoms with E-state index in [0.717, 1.165) is 78.2 Å². The molecule has 0 spiro atoms. The number of thiophene rings is 3. The van der Waals surface area contributed by atoms with Crippen LogP contribution in [0.25, 0.3) is 210 Å². The number of para-hydroxylation sites is 3. The molecule has 102 heavy (non-hydrogen) atoms. The Bertz CT molecular complexity index is 6980. The first-order valence-electron chi connectivity index (χ1n) is 34.6. The van der Waals surface area contributed by atoms with Gasteiger partial charge in [0.05, 0.1) is 44.5 Å². The highest BCUT2D eigenvalue weighted by molar-refractivity contribution is 7.26. The SMILES string of the molecule is c1cc(-c2cc(-c3cccc(-n4c5ccccc5c5cc(-c6ccc7sc8ccccc8c7c6)ccc54)c3)nc(-c3ccc(-n4c5ccccc5c5cc(-c6ccc7sc8ccccc8c7c6)ccc54)cc3)n2)cc(-n2c3ccccc3c3cc(-c4ccc5sc6ccccc6c5c4)ccc32)c1. The van der Waals surface area contributed by atoms with Gasteiger partial charge in [0.15, 0.2) is 5.82 Å². The maximum absolute atomic E-state index is 5.58. The summed E-state index contributed by atoms with van der Waals surface area (Å²) in [5.41, 5.74) is 21.8. The van der Waals surface area contributed by atoms with Gasteiger partial charge in [-0.25, -0.2) is 9.97 Å². The summed E-state index contributed by atoms with van der Waals surface area (Å²) < 4.78 is 15.1. The Morgan fingerprint density at radius 1 is 0.176 bits per heavy atom. The summed E-state index contributed by atoms with van der Waals surface area (Å²) in [6.45, 7) is 0. The van der Waals surface area contributed by atoms with Crippen molar-refractivity contribution in [2.24, 2.45) is 0 Å². The summed E-state index contributed by atoms with van der Waals surface area (Å²) in [7, 11) is 0. The molecule has 15 aromatic carbocycles. The van der Waals surface area contributed by atoms with Crippen LogP contribution >= 0.6 is 34.0 Å². The van der Waals surface area contributed by atoms with E-state index in [4.69, 9.17) is 9.97 Å². The van der Waals surface area contributed by atoms with Gasteiger partial charge in [0.25, 0.3) is 0 Å². The third kappa shape index (κ3) is 9.00. The standard InChI is InChI=1S/C94H55N5S3/c1-7-25-82-68(19-1)74-49-57(60-36-44-91-77(52-60)71-22-4-10-28-88(71)100-91)33-41-85(74)97(82)65-39-31-56(32-40-65)94-95-80(63-15-13-17-66(47-63)98-83-26-8-2-20-69(83)75-50-58(34-42-86(75)98)61-37-45-92-78(53-61)72-23-5-11-29-89(72)101-92)55-81(96-94)64-16-14-18-67(48-64)99-84-27-9-3-21-70(84)76-51-59(35-43-87(76)99)62-38-46-93-79(54-62)73-24-6-12-30-90(73)102-93/h1-55H. The van der Waals surface area contributed by atoms with Gasteiger partial charge in [-0.1, -0.05) is 170 Å². The van der Waals surface area contributed by atoms with Gasteiger partial charge < -0.3 is 13.7 Å². The van der Waals surface area contributed by atoms with Crippen LogP contribution in [0.1, 0.15) is 0 Å². The summed E-state index contributed by atoms with van der Waals surface area (Å²) >= 11 is 5.57. The number of aromatic nitrogens is 5. The molecule has 0 radical (unpaired) electrons. The number of nitrogens with zero attached hydrogens (tertiary/aromatic N) is 5. The molecule has 22 aromatic rings. The fraction of sp³-hybridized carbons (Fsp3) is 0. The largest absolute Gasteiger partial charge is 0.309 e. The summed E-state index contributed by atoms with van der Waals surface area (Å²) in [4.78, 5) is 11.2. The molecule has 0 aliphatic rings. The third-order valence-electron chi connectivity index (χ3n) is 21.1. The molecule has 22 rings (SSSR count). The molecule has 0 amide bonds. The van der Waals surface area contributed by atoms with E-state index in [0.29, 0.717) is 5.82 Å². The smallest absolute Gasteiger partial charge is 0.160 e. The predicted octanol–water partition coefficient (Wildman–Crippen LogP) is 26.9. The Kier molecular flexibility index (Phi) is 12.6. The minimum atomic E-state index is 0.642. The lowest BCUT2D eigenvalue weighted by Gasteiger charge is -2.14. The van der Waals surface area contributed by atoms with Crippen LogP contribution in [0.2, 0.25) is 0 Å². The minimum Gasteiger partial charge on any atom is -0.309 e. The molecule has 7 aromatic heterocycles. The summed E-state index contributed by atoms with van der Waals surface area (Å²) in [5.74, 6) is 0.642. The highest BCUT2D eigenvalue weighted by Crippen LogP contribution is 2.45. The molecule has 0 fully saturated rings. The third-order valence-corrected chi connectivity index (χ3v) is 24.5. The van der Waals surface area contributed by atoms with E-state index in [2.05, 4.69) is 347 Å². The van der Waals surface area contributed by atoms with Gasteiger partial charge in [-0.2, -0.15) is 0 Å². The van der Waals surface area contributed by atoms with Crippen molar-refractivity contribution in [2.75, 3.05) is 0 Å². The van der Waals surface area contributed by atoms with Gasteiger partial charge in [0.2, 0.25) is 0 Å². The van der Waals surface area contributed by atoms with Crippen molar-refractivity contribution < 1.29 is 0 Å². The molecule has 0 aliphatic heterocycles. The van der Waals surface area contributed by atoms with E-state index in [1.54, 1.807) is 0 Å². The Balaban J connectivity index is 0.672. The highest BCUT2D eigenvalue weighted by Gasteiger charge is 2.21. The van der Waals surface area contributed by atoms with Crippen LogP contribution in [0.3, 0.4) is 0 Å². The normalized spacial score (nSPS) is 12.1. The molecular formula is C94H55N5S3. The van der Waals surface area contributed by atoms with E-state index >= 15 is 0 Å². The van der Waals surface area contributed by atoms with Crippen LogP contribution < -0.4 is 0 Å². The Morgan fingerprint density at radius 3 is 0.853 bits per heavy atom. The zero-order valence-electron chi connectivity index (χ0n) is 54.7. The quantitative estimate of drug-likeness (QED) is 0.144. The van der Waals surface area contributed by atoms with E-state index in [9.17, 15) is 0 Å². The molecule has 0 atom stereocenters. The van der Waals surface area contributed by atoms with Crippen LogP contribution in [0, 0.1) is 0 Å². The van der Waals surface area contributed by atoms with E-state index in [-0.39, 0.29) is 0 Å². The molecular weight excluding hydrogens is 1300 g/mol. The molecule has 0 saturated carbocycles. The molecule has 474 valence electrons. The van der Waals surface area contributed by atoms with Gasteiger partial charge in [-0.3, -0.25) is 0 Å². The average Bonchev–Trinajstić information content (AvgIpc) is 1.61. The Hall–Kier alpha value is -12.6. The van der Waals surface area contributed by atoms with Crippen molar-refractivity contribution in [2.45, 2.75) is 0 Å². The van der Waals surface area contributed by atoms with Crippen molar-refractivity contribution in [3.05, 3.63) is 334 Å². The van der Waals surface area contributed by atoms with Gasteiger partial charge in [0.1, 0.15) is 0 Å². The first kappa shape index (κ1) is 57.4. The van der Waals surface area contributed by atoms with Crippen molar-refractivity contribution in [3.8, 4) is 84.3 Å². The summed E-state index contributed by atoms with van der Waals surface area (Å²) in [6.07, 6.45) is 0. The molecule has 0 bridgehead atoms. The van der Waals surface area contributed by atoms with Gasteiger partial charge >= 0.3 is 0 Å². The number of benzene rings is 15. The van der Waals surface area contributed by atoms with E-state index < -0.39 is 0 Å². The molecule has 0 aliphatic carbocycles. The van der Waals surface area contributed by atoms with E-state index in [1.807, 2.05) is 34.0 Å². The Morgan fingerprint density at radius 2 is 0.471 bits per heavy atom. The van der Waals surface area contributed by atoms with Gasteiger partial charge in [-0.15, -0.1) is 34.0 Å². The van der Waals surface area contributed by atoms with Crippen molar-refractivity contribution in [3.63, 3.8) is 0 Å². The maximum atomic E-state index is 5.58. The minimum absolute atomic E-state index is 0.642. The second-order valence-electron chi connectivity index (χ2n) is 26.8. The first-order chi connectivity index (χ1) is 50.5. The zero-order chi connectivity index (χ0) is 66.7. The highest BCUT2D eigenvalue weighted by atomic mass is 32.1. The average molecular weight is 1350 g/mol. The lowest BCUT2D eigenvalue weighted by molar-refractivity contribution is 1.15. The molecule has 5 nitrogen and oxygen atoms in total. The van der Waals surface area contributed by atoms with E-state index in [1.165, 1.54) is 126 Å². The molecule has 0 saturated heterocycles. The maximum Gasteiger partial charge on any atom is 0.160 e. The number of rotatable bonds is 9. The number of fused-ring (bicyclic) bond motifs is 18. The molecule has 7 heterocycles.